The first-order chi connectivity index (χ1) is 3.55. The number of hydrogen-bond donors (Lipinski definition) is 0. The molecule has 0 unspecified atom stereocenters. The van der Waals surface area contributed by atoms with Crippen LogP contribution in [0.15, 0.2) is 24.1 Å². The molecular weight excluding hydrogens is 117 g/mol. The minimum Gasteiger partial charge on any atom is -0.207 e. The summed E-state index contributed by atoms with van der Waals surface area (Å²) in [4.78, 5) is 0. The molecule has 0 saturated carbocycles. The van der Waals surface area contributed by atoms with E-state index in [1.165, 1.54) is 0 Å². The predicted molar refractivity (Wildman–Crippen MR) is 25.2 cm³/mol. The minimum absolute atomic E-state index is 0.676. The molecule has 0 saturated heterocycles. The molecule has 0 aromatic heterocycles. The van der Waals surface area contributed by atoms with Crippen molar-refractivity contribution in [3.05, 3.63) is 24.1 Å². The van der Waals surface area contributed by atoms with Crippen molar-refractivity contribution in [3.63, 3.8) is 0 Å². The monoisotopic (exact) mass is 122 g/mol. The molecule has 0 spiro atoms. The minimum atomic E-state index is -2.02. The van der Waals surface area contributed by atoms with Gasteiger partial charge in [-0.15, -0.1) is 0 Å². The normalized spacial score (nSPS) is 8.50. The molecule has 0 aliphatic heterocycles. The summed E-state index contributed by atoms with van der Waals surface area (Å²) in [5, 5.41) is 0. The third-order valence-corrected chi connectivity index (χ3v) is 0.690. The zero-order valence-corrected chi connectivity index (χ0v) is 4.34. The van der Waals surface area contributed by atoms with E-state index in [0.717, 1.165) is 6.92 Å². The van der Waals surface area contributed by atoms with Gasteiger partial charge in [-0.25, -0.2) is 4.39 Å². The van der Waals surface area contributed by atoms with Crippen LogP contribution in [-0.4, -0.2) is 0 Å². The van der Waals surface area contributed by atoms with E-state index in [2.05, 4.69) is 6.58 Å². The van der Waals surface area contributed by atoms with Gasteiger partial charge in [-0.3, -0.25) is 0 Å². The molecule has 0 bridgehead atoms. The average Bonchev–Trinajstić information content (AvgIpc) is 1.64. The van der Waals surface area contributed by atoms with Crippen molar-refractivity contribution in [2.24, 2.45) is 0 Å². The third kappa shape index (κ3) is 1.82. The summed E-state index contributed by atoms with van der Waals surface area (Å²) >= 11 is 0. The van der Waals surface area contributed by atoms with E-state index in [0.29, 0.717) is 0 Å². The van der Waals surface area contributed by atoms with Gasteiger partial charge >= 0.3 is 0 Å². The molecule has 46 valence electrons. The van der Waals surface area contributed by atoms with Crippen LogP contribution in [0, 0.1) is 0 Å². The van der Waals surface area contributed by atoms with Crippen LogP contribution in [0.2, 0.25) is 0 Å². The van der Waals surface area contributed by atoms with Gasteiger partial charge in [-0.1, -0.05) is 6.58 Å². The standard InChI is InChI=1S/C5H5F3/c1-3(4(2)6)5(7)8/h2H2,1H3. The Balaban J connectivity index is 4.23. The Morgan fingerprint density at radius 3 is 1.62 bits per heavy atom. The van der Waals surface area contributed by atoms with E-state index in [4.69, 9.17) is 0 Å². The Bertz CT molecular complexity index is 131. The Hall–Kier alpha value is -0.730. The Labute approximate surface area is 45.3 Å². The summed E-state index contributed by atoms with van der Waals surface area (Å²) < 4.78 is 34.1. The van der Waals surface area contributed by atoms with Crippen molar-refractivity contribution >= 4 is 0 Å². The molecule has 0 amide bonds. The quantitative estimate of drug-likeness (QED) is 0.469. The smallest absolute Gasteiger partial charge is 0.207 e. The number of hydrogen-bond acceptors (Lipinski definition) is 0. The van der Waals surface area contributed by atoms with Crippen molar-refractivity contribution < 1.29 is 13.2 Å². The second-order valence-electron chi connectivity index (χ2n) is 1.29. The molecular formula is C5H5F3. The fraction of sp³-hybridized carbons (Fsp3) is 0.200. The van der Waals surface area contributed by atoms with E-state index in [1.54, 1.807) is 0 Å². The summed E-state index contributed by atoms with van der Waals surface area (Å²) in [6.45, 7) is 3.64. The molecule has 0 rings (SSSR count). The van der Waals surface area contributed by atoms with Gasteiger partial charge in [0.15, 0.2) is 0 Å². The molecule has 0 fully saturated rings. The van der Waals surface area contributed by atoms with Gasteiger partial charge in [0, 0.05) is 5.57 Å². The Morgan fingerprint density at radius 1 is 1.25 bits per heavy atom. The second kappa shape index (κ2) is 2.55. The molecule has 0 aromatic carbocycles. The number of allylic oxidation sites excluding steroid dienone is 2. The Kier molecular flexibility index (Phi) is 2.31. The van der Waals surface area contributed by atoms with Crippen molar-refractivity contribution in [1.29, 1.82) is 0 Å². The van der Waals surface area contributed by atoms with Gasteiger partial charge in [0.2, 0.25) is 0 Å². The van der Waals surface area contributed by atoms with Crippen molar-refractivity contribution in [2.75, 3.05) is 0 Å². The van der Waals surface area contributed by atoms with Crippen LogP contribution in [0.4, 0.5) is 13.2 Å². The lowest BCUT2D eigenvalue weighted by molar-refractivity contribution is 0.408. The van der Waals surface area contributed by atoms with Crippen LogP contribution in [0.25, 0.3) is 0 Å². The maximum absolute atomic E-state index is 11.6. The van der Waals surface area contributed by atoms with Crippen LogP contribution >= 0.6 is 0 Å². The van der Waals surface area contributed by atoms with Gasteiger partial charge in [0.05, 0.1) is 0 Å². The van der Waals surface area contributed by atoms with E-state index < -0.39 is 17.5 Å². The summed E-state index contributed by atoms with van der Waals surface area (Å²) in [5.41, 5.74) is -0.676. The highest BCUT2D eigenvalue weighted by Gasteiger charge is 2.01. The number of halogens is 3. The molecule has 3 heteroatoms. The van der Waals surface area contributed by atoms with Gasteiger partial charge in [0.1, 0.15) is 5.83 Å². The fourth-order valence-electron chi connectivity index (χ4n) is 0.103. The van der Waals surface area contributed by atoms with E-state index in [1.807, 2.05) is 0 Å². The summed E-state index contributed by atoms with van der Waals surface area (Å²) in [6.07, 6.45) is -2.02. The van der Waals surface area contributed by atoms with E-state index in [-0.39, 0.29) is 0 Å². The third-order valence-electron chi connectivity index (χ3n) is 0.690. The SMILES string of the molecule is C=C(F)C(C)=C(F)F. The Morgan fingerprint density at radius 2 is 1.62 bits per heavy atom. The fourth-order valence-corrected chi connectivity index (χ4v) is 0.103. The maximum atomic E-state index is 11.6. The van der Waals surface area contributed by atoms with E-state index >= 15 is 0 Å². The van der Waals surface area contributed by atoms with Crippen molar-refractivity contribution in [1.82, 2.24) is 0 Å². The molecule has 0 heterocycles. The molecule has 0 aromatic rings. The molecule has 0 atom stereocenters. The van der Waals surface area contributed by atoms with Crippen LogP contribution in [0.1, 0.15) is 6.92 Å². The first-order valence-corrected chi connectivity index (χ1v) is 1.92. The summed E-state index contributed by atoms with van der Waals surface area (Å²) in [6, 6.07) is 0. The molecule has 0 N–H and O–H groups in total. The highest BCUT2D eigenvalue weighted by Crippen LogP contribution is 2.14. The molecule has 0 aliphatic carbocycles. The summed E-state index contributed by atoms with van der Waals surface area (Å²) in [5.74, 6) is -1.08. The summed E-state index contributed by atoms with van der Waals surface area (Å²) in [7, 11) is 0. The highest BCUT2D eigenvalue weighted by molar-refractivity contribution is 5.19. The zero-order valence-electron chi connectivity index (χ0n) is 4.34. The zero-order chi connectivity index (χ0) is 6.73. The van der Waals surface area contributed by atoms with Crippen molar-refractivity contribution in [3.8, 4) is 0 Å². The van der Waals surface area contributed by atoms with Crippen LogP contribution < -0.4 is 0 Å². The van der Waals surface area contributed by atoms with Gasteiger partial charge in [0.25, 0.3) is 6.08 Å². The highest BCUT2D eigenvalue weighted by atomic mass is 19.3. The van der Waals surface area contributed by atoms with Gasteiger partial charge in [-0.05, 0) is 6.92 Å². The molecule has 0 nitrogen and oxygen atoms in total. The molecule has 0 radical (unpaired) electrons. The largest absolute Gasteiger partial charge is 0.276 e. The first kappa shape index (κ1) is 7.27. The van der Waals surface area contributed by atoms with Crippen molar-refractivity contribution in [2.45, 2.75) is 6.92 Å². The van der Waals surface area contributed by atoms with E-state index in [9.17, 15) is 13.2 Å². The molecule has 0 aliphatic rings. The second-order valence-corrected chi connectivity index (χ2v) is 1.29. The van der Waals surface area contributed by atoms with Crippen LogP contribution in [0.3, 0.4) is 0 Å². The lowest BCUT2D eigenvalue weighted by Gasteiger charge is -1.88. The predicted octanol–water partition coefficient (Wildman–Crippen LogP) is 2.64. The molecule has 8 heavy (non-hydrogen) atoms. The lowest BCUT2D eigenvalue weighted by atomic mass is 10.3. The lowest BCUT2D eigenvalue weighted by Crippen LogP contribution is -1.74. The van der Waals surface area contributed by atoms with Gasteiger partial charge < -0.3 is 0 Å². The number of rotatable bonds is 1. The maximum Gasteiger partial charge on any atom is 0.276 e. The van der Waals surface area contributed by atoms with Gasteiger partial charge in [-0.2, -0.15) is 8.78 Å². The van der Waals surface area contributed by atoms with Crippen LogP contribution in [-0.2, 0) is 0 Å². The topological polar surface area (TPSA) is 0 Å². The van der Waals surface area contributed by atoms with Crippen LogP contribution in [0.5, 0.6) is 0 Å². The first-order valence-electron chi connectivity index (χ1n) is 1.92. The average molecular weight is 122 g/mol.